The zero-order valence-corrected chi connectivity index (χ0v) is 7.54. The number of benzene rings is 1. The first-order valence-electron chi connectivity index (χ1n) is 3.81. The van der Waals surface area contributed by atoms with Crippen LogP contribution in [0.25, 0.3) is 0 Å². The highest BCUT2D eigenvalue weighted by molar-refractivity contribution is 7.87. The molecule has 0 radical (unpaired) electrons. The van der Waals surface area contributed by atoms with Crippen molar-refractivity contribution in [3.8, 4) is 11.5 Å². The maximum atomic E-state index is 11.0. The van der Waals surface area contributed by atoms with Crippen molar-refractivity contribution < 1.29 is 17.7 Å². The van der Waals surface area contributed by atoms with E-state index < -0.39 is 10.1 Å². The first-order chi connectivity index (χ1) is 6.08. The molecular weight excluding hydrogens is 192 g/mol. The van der Waals surface area contributed by atoms with E-state index in [0.29, 0.717) is 12.0 Å². The van der Waals surface area contributed by atoms with Crippen LogP contribution in [0, 0.1) is 0 Å². The molecule has 1 heterocycles. The lowest BCUT2D eigenvalue weighted by Gasteiger charge is -2.17. The molecule has 1 aromatic carbocycles. The van der Waals surface area contributed by atoms with Crippen molar-refractivity contribution in [2.24, 2.45) is 0 Å². The Morgan fingerprint density at radius 3 is 2.92 bits per heavy atom. The summed E-state index contributed by atoms with van der Waals surface area (Å²) in [5, 5.41) is 9.35. The van der Waals surface area contributed by atoms with Crippen LogP contribution in [0.15, 0.2) is 18.2 Å². The summed E-state index contributed by atoms with van der Waals surface area (Å²) in [6.07, 6.45) is 0.310. The number of fused-ring (bicyclic) bond motifs is 1. The van der Waals surface area contributed by atoms with E-state index >= 15 is 0 Å². The van der Waals surface area contributed by atoms with Gasteiger partial charge in [0, 0.05) is 5.56 Å². The smallest absolute Gasteiger partial charge is 0.309 e. The van der Waals surface area contributed by atoms with Gasteiger partial charge in [0.1, 0.15) is 11.5 Å². The van der Waals surface area contributed by atoms with E-state index in [4.69, 9.17) is 4.18 Å². The Hall–Kier alpha value is -1.23. The predicted molar refractivity (Wildman–Crippen MR) is 46.2 cm³/mol. The van der Waals surface area contributed by atoms with E-state index in [2.05, 4.69) is 0 Å². The summed E-state index contributed by atoms with van der Waals surface area (Å²) in [6.45, 7) is 0. The van der Waals surface area contributed by atoms with Crippen molar-refractivity contribution >= 4 is 10.1 Å². The topological polar surface area (TPSA) is 63.6 Å². The first kappa shape index (κ1) is 8.37. The van der Waals surface area contributed by atoms with Gasteiger partial charge in [-0.25, -0.2) is 0 Å². The number of hydrogen-bond donors (Lipinski definition) is 1. The van der Waals surface area contributed by atoms with E-state index in [0.717, 1.165) is 0 Å². The van der Waals surface area contributed by atoms with Gasteiger partial charge in [0.05, 0.1) is 5.75 Å². The van der Waals surface area contributed by atoms with Crippen molar-refractivity contribution in [2.75, 3.05) is 5.75 Å². The van der Waals surface area contributed by atoms with Crippen molar-refractivity contribution in [3.05, 3.63) is 23.8 Å². The molecule has 1 N–H and O–H groups in total. The fourth-order valence-electron chi connectivity index (χ4n) is 1.29. The standard InChI is InChI=1S/C8H8O4S/c9-7-2-1-3-8-6(7)4-5-13(10,11)12-8/h1-3,9H,4-5H2. The quantitative estimate of drug-likeness (QED) is 0.625. The average Bonchev–Trinajstić information content (AvgIpc) is 2.02. The van der Waals surface area contributed by atoms with Crippen LogP contribution >= 0.6 is 0 Å². The lowest BCUT2D eigenvalue weighted by molar-refractivity contribution is 0.445. The van der Waals surface area contributed by atoms with E-state index in [9.17, 15) is 13.5 Å². The van der Waals surface area contributed by atoms with Crippen LogP contribution in [-0.4, -0.2) is 19.3 Å². The van der Waals surface area contributed by atoms with Gasteiger partial charge in [0.25, 0.3) is 0 Å². The van der Waals surface area contributed by atoms with Gasteiger partial charge in [-0.1, -0.05) is 6.07 Å². The van der Waals surface area contributed by atoms with Crippen LogP contribution in [-0.2, 0) is 16.5 Å². The van der Waals surface area contributed by atoms with Crippen LogP contribution in [0.3, 0.4) is 0 Å². The molecule has 13 heavy (non-hydrogen) atoms. The predicted octanol–water partition coefficient (Wildman–Crippen LogP) is 0.657. The first-order valence-corrected chi connectivity index (χ1v) is 5.39. The van der Waals surface area contributed by atoms with Gasteiger partial charge in [-0.15, -0.1) is 0 Å². The van der Waals surface area contributed by atoms with Gasteiger partial charge in [-0.2, -0.15) is 8.42 Å². The van der Waals surface area contributed by atoms with Crippen LogP contribution in [0.5, 0.6) is 11.5 Å². The van der Waals surface area contributed by atoms with Crippen LogP contribution < -0.4 is 4.18 Å². The summed E-state index contributed by atoms with van der Waals surface area (Å²) in [6, 6.07) is 4.60. The zero-order chi connectivity index (χ0) is 9.47. The Kier molecular flexibility index (Phi) is 1.69. The lowest BCUT2D eigenvalue weighted by Crippen LogP contribution is -2.21. The zero-order valence-electron chi connectivity index (χ0n) is 6.73. The Labute approximate surface area is 75.9 Å². The normalized spacial score (nSPS) is 18.8. The third-order valence-electron chi connectivity index (χ3n) is 1.93. The van der Waals surface area contributed by atoms with E-state index in [1.54, 1.807) is 6.07 Å². The van der Waals surface area contributed by atoms with Crippen LogP contribution in [0.4, 0.5) is 0 Å². The Morgan fingerprint density at radius 2 is 2.15 bits per heavy atom. The van der Waals surface area contributed by atoms with E-state index in [1.165, 1.54) is 12.1 Å². The summed E-state index contributed by atoms with van der Waals surface area (Å²) in [7, 11) is -3.42. The molecule has 1 aromatic rings. The number of phenolic OH excluding ortho intramolecular Hbond substituents is 1. The largest absolute Gasteiger partial charge is 0.508 e. The molecule has 0 amide bonds. The number of hydrogen-bond acceptors (Lipinski definition) is 4. The summed E-state index contributed by atoms with van der Waals surface area (Å²) in [4.78, 5) is 0. The molecule has 4 nitrogen and oxygen atoms in total. The molecule has 0 saturated carbocycles. The van der Waals surface area contributed by atoms with E-state index in [1.807, 2.05) is 0 Å². The van der Waals surface area contributed by atoms with Gasteiger partial charge in [0.2, 0.25) is 0 Å². The minimum atomic E-state index is -3.42. The molecule has 1 aliphatic heterocycles. The lowest BCUT2D eigenvalue weighted by atomic mass is 10.1. The summed E-state index contributed by atoms with van der Waals surface area (Å²) >= 11 is 0. The van der Waals surface area contributed by atoms with Crippen molar-refractivity contribution in [2.45, 2.75) is 6.42 Å². The molecule has 1 aliphatic rings. The van der Waals surface area contributed by atoms with Crippen molar-refractivity contribution in [3.63, 3.8) is 0 Å². The molecule has 70 valence electrons. The highest BCUT2D eigenvalue weighted by atomic mass is 32.2. The summed E-state index contributed by atoms with van der Waals surface area (Å²) < 4.78 is 26.8. The van der Waals surface area contributed by atoms with Gasteiger partial charge in [-0.05, 0) is 18.6 Å². The SMILES string of the molecule is O=S1(=O)CCc2c(O)cccc2O1. The molecular formula is C8H8O4S. The molecule has 5 heteroatoms. The summed E-state index contributed by atoms with van der Waals surface area (Å²) in [5.74, 6) is 0.260. The third-order valence-corrected chi connectivity index (χ3v) is 3.06. The van der Waals surface area contributed by atoms with Crippen LogP contribution in [0.2, 0.25) is 0 Å². The van der Waals surface area contributed by atoms with Gasteiger partial charge in [-0.3, -0.25) is 0 Å². The molecule has 0 atom stereocenters. The highest BCUT2D eigenvalue weighted by Crippen LogP contribution is 2.32. The second kappa shape index (κ2) is 2.63. The number of rotatable bonds is 0. The minimum Gasteiger partial charge on any atom is -0.508 e. The number of phenols is 1. The Morgan fingerprint density at radius 1 is 1.38 bits per heavy atom. The fourth-order valence-corrected chi connectivity index (χ4v) is 2.26. The maximum Gasteiger partial charge on any atom is 0.309 e. The molecule has 0 fully saturated rings. The molecule has 0 unspecified atom stereocenters. The van der Waals surface area contributed by atoms with E-state index in [-0.39, 0.29) is 17.3 Å². The minimum absolute atomic E-state index is 0.0719. The van der Waals surface area contributed by atoms with Gasteiger partial charge >= 0.3 is 10.1 Å². The van der Waals surface area contributed by atoms with Gasteiger partial charge in [0.15, 0.2) is 0 Å². The molecule has 0 spiro atoms. The maximum absolute atomic E-state index is 11.0. The summed E-state index contributed by atoms with van der Waals surface area (Å²) in [5.41, 5.74) is 0.567. The Balaban J connectivity index is 2.54. The molecule has 0 saturated heterocycles. The fraction of sp³-hybridized carbons (Fsp3) is 0.250. The average molecular weight is 200 g/mol. The molecule has 0 aromatic heterocycles. The third kappa shape index (κ3) is 1.47. The second-order valence-corrected chi connectivity index (χ2v) is 4.54. The number of aromatic hydroxyl groups is 1. The molecule has 2 rings (SSSR count). The van der Waals surface area contributed by atoms with Crippen molar-refractivity contribution in [1.29, 1.82) is 0 Å². The Bertz CT molecular complexity index is 435. The molecule has 0 aliphatic carbocycles. The van der Waals surface area contributed by atoms with Gasteiger partial charge < -0.3 is 9.29 Å². The monoisotopic (exact) mass is 200 g/mol. The highest BCUT2D eigenvalue weighted by Gasteiger charge is 2.24. The van der Waals surface area contributed by atoms with Crippen LogP contribution in [0.1, 0.15) is 5.56 Å². The molecule has 0 bridgehead atoms. The van der Waals surface area contributed by atoms with Crippen molar-refractivity contribution in [1.82, 2.24) is 0 Å². The second-order valence-electron chi connectivity index (χ2n) is 2.85.